The quantitative estimate of drug-likeness (QED) is 0.509. The molecule has 2 rings (SSSR count). The van der Waals surface area contributed by atoms with Crippen molar-refractivity contribution in [2.45, 2.75) is 6.42 Å². The molecule has 1 aromatic carbocycles. The number of carbonyl (C=O) groups is 1. The van der Waals surface area contributed by atoms with Crippen LogP contribution in [0.5, 0.6) is 0 Å². The first kappa shape index (κ1) is 6.35. The van der Waals surface area contributed by atoms with Gasteiger partial charge in [0.2, 0.25) is 0 Å². The molecule has 1 aliphatic carbocycles. The van der Waals surface area contributed by atoms with Crippen LogP contribution in [0.25, 0.3) is 12.2 Å². The Kier molecular flexibility index (Phi) is 1.35. The second-order valence-corrected chi connectivity index (χ2v) is 2.65. The van der Waals surface area contributed by atoms with Crippen LogP contribution in [0.15, 0.2) is 24.3 Å². The maximum atomic E-state index is 10.9. The lowest BCUT2D eigenvalue weighted by Crippen LogP contribution is -2.28. The number of carbonyl (C=O) groups excluding carboxylic acids is 1. The van der Waals surface area contributed by atoms with Crippen molar-refractivity contribution in [1.29, 1.82) is 0 Å². The lowest BCUT2D eigenvalue weighted by atomic mass is 10.1. The van der Waals surface area contributed by atoms with Crippen LogP contribution in [0.4, 0.5) is 0 Å². The van der Waals surface area contributed by atoms with Gasteiger partial charge in [0.25, 0.3) is 0 Å². The van der Waals surface area contributed by atoms with Gasteiger partial charge in [-0.3, -0.25) is 4.79 Å². The SMILES string of the molecule is O=C1C=c2ccccc2=CC1. The van der Waals surface area contributed by atoms with Crippen molar-refractivity contribution in [2.24, 2.45) is 0 Å². The fourth-order valence-corrected chi connectivity index (χ4v) is 1.27. The van der Waals surface area contributed by atoms with Crippen molar-refractivity contribution < 1.29 is 4.79 Å². The van der Waals surface area contributed by atoms with Gasteiger partial charge in [-0.05, 0) is 16.5 Å². The predicted octanol–water partition coefficient (Wildman–Crippen LogP) is 0.220. The van der Waals surface area contributed by atoms with E-state index >= 15 is 0 Å². The Morgan fingerprint density at radius 3 is 2.64 bits per heavy atom. The summed E-state index contributed by atoms with van der Waals surface area (Å²) in [7, 11) is 0. The third-order valence-corrected chi connectivity index (χ3v) is 1.84. The van der Waals surface area contributed by atoms with E-state index < -0.39 is 0 Å². The van der Waals surface area contributed by atoms with Crippen LogP contribution in [-0.2, 0) is 4.79 Å². The average molecular weight is 144 g/mol. The summed E-state index contributed by atoms with van der Waals surface area (Å²) in [6.45, 7) is 0. The molecule has 11 heavy (non-hydrogen) atoms. The molecule has 0 atom stereocenters. The zero-order chi connectivity index (χ0) is 7.68. The van der Waals surface area contributed by atoms with E-state index in [2.05, 4.69) is 0 Å². The molecule has 1 aliphatic rings. The Labute approximate surface area is 64.7 Å². The molecule has 54 valence electrons. The summed E-state index contributed by atoms with van der Waals surface area (Å²) in [5.74, 6) is 0.198. The fourth-order valence-electron chi connectivity index (χ4n) is 1.27. The molecule has 1 heteroatoms. The standard InChI is InChI=1S/C10H8O/c11-10-6-5-8-3-1-2-4-9(8)7-10/h1-5,7H,6H2. The molecule has 1 aromatic rings. The first-order valence-electron chi connectivity index (χ1n) is 3.66. The molecule has 0 radical (unpaired) electrons. The highest BCUT2D eigenvalue weighted by Crippen LogP contribution is 1.89. The summed E-state index contributed by atoms with van der Waals surface area (Å²) >= 11 is 0. The van der Waals surface area contributed by atoms with Crippen LogP contribution < -0.4 is 10.4 Å². The average Bonchev–Trinajstić information content (AvgIpc) is 2.04. The Morgan fingerprint density at radius 1 is 1.09 bits per heavy atom. The molecule has 0 heterocycles. The van der Waals surface area contributed by atoms with E-state index in [0.717, 1.165) is 5.22 Å². The molecule has 0 unspecified atom stereocenters. The van der Waals surface area contributed by atoms with Gasteiger partial charge in [-0.15, -0.1) is 0 Å². The van der Waals surface area contributed by atoms with Gasteiger partial charge >= 0.3 is 0 Å². The topological polar surface area (TPSA) is 17.1 Å². The van der Waals surface area contributed by atoms with Gasteiger partial charge in [0, 0.05) is 6.42 Å². The van der Waals surface area contributed by atoms with E-state index in [1.54, 1.807) is 6.08 Å². The summed E-state index contributed by atoms with van der Waals surface area (Å²) in [5.41, 5.74) is 0. The number of Topliss-reactive ketones (excluding diaryl/α,β-unsaturated/α-hetero) is 1. The Balaban J connectivity index is 2.83. The van der Waals surface area contributed by atoms with E-state index in [9.17, 15) is 4.79 Å². The minimum atomic E-state index is 0.198. The lowest BCUT2D eigenvalue weighted by molar-refractivity contribution is -0.112. The Morgan fingerprint density at radius 2 is 1.82 bits per heavy atom. The Bertz CT molecular complexity index is 401. The molecule has 0 saturated carbocycles. The molecule has 0 aromatic heterocycles. The monoisotopic (exact) mass is 144 g/mol. The molecule has 0 saturated heterocycles. The van der Waals surface area contributed by atoms with Crippen molar-refractivity contribution in [3.8, 4) is 0 Å². The molecule has 0 spiro atoms. The highest BCUT2D eigenvalue weighted by molar-refractivity contribution is 6.09. The van der Waals surface area contributed by atoms with E-state index in [4.69, 9.17) is 0 Å². The number of rotatable bonds is 0. The molecular weight excluding hydrogens is 136 g/mol. The second-order valence-electron chi connectivity index (χ2n) is 2.65. The number of hydrogen-bond donors (Lipinski definition) is 0. The van der Waals surface area contributed by atoms with Crippen LogP contribution in [0, 0.1) is 0 Å². The molecule has 0 N–H and O–H groups in total. The van der Waals surface area contributed by atoms with Gasteiger partial charge in [0.15, 0.2) is 5.78 Å². The van der Waals surface area contributed by atoms with E-state index in [0.29, 0.717) is 6.42 Å². The van der Waals surface area contributed by atoms with Gasteiger partial charge in [0.05, 0.1) is 0 Å². The first-order valence-corrected chi connectivity index (χ1v) is 3.66. The van der Waals surface area contributed by atoms with Crippen molar-refractivity contribution in [2.75, 3.05) is 0 Å². The largest absolute Gasteiger partial charge is 0.294 e. The van der Waals surface area contributed by atoms with E-state index in [1.165, 1.54) is 5.22 Å². The maximum absolute atomic E-state index is 10.9. The first-order chi connectivity index (χ1) is 5.36. The fraction of sp³-hybridized carbons (Fsp3) is 0.100. The third-order valence-electron chi connectivity index (χ3n) is 1.84. The predicted molar refractivity (Wildman–Crippen MR) is 44.2 cm³/mol. The molecular formula is C10H8O. The highest BCUT2D eigenvalue weighted by Gasteiger charge is 1.98. The summed E-state index contributed by atoms with van der Waals surface area (Å²) in [6, 6.07) is 7.92. The maximum Gasteiger partial charge on any atom is 0.160 e. The molecule has 0 aliphatic heterocycles. The highest BCUT2D eigenvalue weighted by atomic mass is 16.1. The van der Waals surface area contributed by atoms with Crippen LogP contribution >= 0.6 is 0 Å². The molecule has 1 nitrogen and oxygen atoms in total. The summed E-state index contributed by atoms with van der Waals surface area (Å²) in [5, 5.41) is 2.22. The van der Waals surface area contributed by atoms with Crippen LogP contribution in [-0.4, -0.2) is 5.78 Å². The van der Waals surface area contributed by atoms with Crippen molar-refractivity contribution in [3.63, 3.8) is 0 Å². The second kappa shape index (κ2) is 2.35. The van der Waals surface area contributed by atoms with Crippen LogP contribution in [0.3, 0.4) is 0 Å². The molecule has 0 amide bonds. The van der Waals surface area contributed by atoms with Crippen LogP contribution in [0.2, 0.25) is 0 Å². The summed E-state index contributed by atoms with van der Waals surface area (Å²) in [6.07, 6.45) is 4.23. The zero-order valence-corrected chi connectivity index (χ0v) is 6.08. The minimum absolute atomic E-state index is 0.198. The smallest absolute Gasteiger partial charge is 0.160 e. The Hall–Kier alpha value is -1.37. The van der Waals surface area contributed by atoms with Gasteiger partial charge in [-0.2, -0.15) is 0 Å². The van der Waals surface area contributed by atoms with E-state index in [-0.39, 0.29) is 5.78 Å². The number of ketones is 1. The van der Waals surface area contributed by atoms with Gasteiger partial charge in [-0.1, -0.05) is 30.3 Å². The third kappa shape index (κ3) is 1.09. The lowest BCUT2D eigenvalue weighted by Gasteiger charge is -1.96. The summed E-state index contributed by atoms with van der Waals surface area (Å²) < 4.78 is 0. The zero-order valence-electron chi connectivity index (χ0n) is 6.08. The minimum Gasteiger partial charge on any atom is -0.294 e. The number of fused-ring (bicyclic) bond motifs is 1. The van der Waals surface area contributed by atoms with Crippen molar-refractivity contribution >= 4 is 17.9 Å². The molecule has 0 bridgehead atoms. The summed E-state index contributed by atoms with van der Waals surface area (Å²) in [4.78, 5) is 10.9. The molecule has 0 fully saturated rings. The van der Waals surface area contributed by atoms with Gasteiger partial charge < -0.3 is 0 Å². The van der Waals surface area contributed by atoms with Crippen molar-refractivity contribution in [3.05, 3.63) is 34.7 Å². The van der Waals surface area contributed by atoms with Crippen LogP contribution in [0.1, 0.15) is 6.42 Å². The van der Waals surface area contributed by atoms with Gasteiger partial charge in [0.1, 0.15) is 0 Å². The van der Waals surface area contributed by atoms with E-state index in [1.807, 2.05) is 30.3 Å². The number of hydrogen-bond acceptors (Lipinski definition) is 1. The normalized spacial score (nSPS) is 14.7. The number of benzene rings is 1. The van der Waals surface area contributed by atoms with Crippen molar-refractivity contribution in [1.82, 2.24) is 0 Å². The van der Waals surface area contributed by atoms with Gasteiger partial charge in [-0.25, -0.2) is 0 Å².